The van der Waals surface area contributed by atoms with Gasteiger partial charge in [-0.25, -0.2) is 4.68 Å². The average molecular weight is 558 g/mol. The van der Waals surface area contributed by atoms with Gasteiger partial charge in [-0.3, -0.25) is 9.48 Å². The molecular weight excluding hydrogens is 538 g/mol. The topological polar surface area (TPSA) is 90.8 Å². The summed E-state index contributed by atoms with van der Waals surface area (Å²) in [6.07, 6.45) is -7.90. The lowest BCUT2D eigenvalue weighted by Gasteiger charge is -2.15. The van der Waals surface area contributed by atoms with E-state index >= 15 is 0 Å². The zero-order valence-corrected chi connectivity index (χ0v) is 20.6. The maximum absolute atomic E-state index is 13.7. The van der Waals surface area contributed by atoms with E-state index in [1.54, 1.807) is 37.4 Å². The Bertz CT molecular complexity index is 1700. The molecule has 0 saturated heterocycles. The lowest BCUT2D eigenvalue weighted by molar-refractivity contribution is -0.149. The molecule has 2 heterocycles. The fourth-order valence-corrected chi connectivity index (χ4v) is 4.25. The average Bonchev–Trinajstić information content (AvgIpc) is 3.50. The maximum atomic E-state index is 13.7. The van der Waals surface area contributed by atoms with Crippen LogP contribution in [0.4, 0.5) is 32.2 Å². The van der Waals surface area contributed by atoms with Gasteiger partial charge in [-0.2, -0.15) is 36.5 Å². The highest BCUT2D eigenvalue weighted by Gasteiger charge is 2.38. The molecule has 3 aromatic carbocycles. The molecule has 0 saturated carbocycles. The SMILES string of the molecule is Cn1ccc(-c2cc(C(=O)Nc3c4ccc(C(N)C(F)(F)F)cc4nn3-c3ccccc3)ccc2C(F)(F)F)n1. The molecule has 0 radical (unpaired) electrons. The number of halogens is 6. The van der Waals surface area contributed by atoms with Gasteiger partial charge in [0.1, 0.15) is 11.9 Å². The minimum absolute atomic E-state index is 0.0257. The first kappa shape index (κ1) is 26.9. The van der Waals surface area contributed by atoms with Gasteiger partial charge in [0.05, 0.1) is 22.5 Å². The van der Waals surface area contributed by atoms with E-state index in [9.17, 15) is 31.1 Å². The van der Waals surface area contributed by atoms with E-state index in [0.717, 1.165) is 18.2 Å². The summed E-state index contributed by atoms with van der Waals surface area (Å²) in [5.41, 5.74) is 4.43. The molecule has 7 nitrogen and oxygen atoms in total. The third-order valence-electron chi connectivity index (χ3n) is 6.22. The number of hydrogen-bond donors (Lipinski definition) is 2. The van der Waals surface area contributed by atoms with Crippen molar-refractivity contribution in [1.82, 2.24) is 19.6 Å². The van der Waals surface area contributed by atoms with Crippen molar-refractivity contribution in [2.45, 2.75) is 18.4 Å². The van der Waals surface area contributed by atoms with E-state index in [2.05, 4.69) is 15.5 Å². The van der Waals surface area contributed by atoms with Crippen LogP contribution >= 0.6 is 0 Å². The number of carbonyl (C=O) groups excluding carboxylic acids is 1. The van der Waals surface area contributed by atoms with Crippen molar-refractivity contribution in [3.05, 3.63) is 95.7 Å². The van der Waals surface area contributed by atoms with Gasteiger partial charge in [-0.15, -0.1) is 0 Å². The zero-order chi connectivity index (χ0) is 28.8. The number of benzene rings is 3. The van der Waals surface area contributed by atoms with Gasteiger partial charge >= 0.3 is 12.4 Å². The Kier molecular flexibility index (Phi) is 6.62. The van der Waals surface area contributed by atoms with E-state index in [1.165, 1.54) is 39.8 Å². The van der Waals surface area contributed by atoms with E-state index in [1.807, 2.05) is 0 Å². The molecule has 1 amide bonds. The third-order valence-corrected chi connectivity index (χ3v) is 6.22. The first-order valence-corrected chi connectivity index (χ1v) is 11.8. The van der Waals surface area contributed by atoms with Crippen molar-refractivity contribution in [3.8, 4) is 16.9 Å². The van der Waals surface area contributed by atoms with Gasteiger partial charge in [-0.05, 0) is 54.1 Å². The van der Waals surface area contributed by atoms with Gasteiger partial charge in [0.2, 0.25) is 0 Å². The van der Waals surface area contributed by atoms with Crippen LogP contribution in [0.1, 0.15) is 27.5 Å². The summed E-state index contributed by atoms with van der Waals surface area (Å²) < 4.78 is 83.5. The Balaban J connectivity index is 1.59. The molecule has 0 aliphatic carbocycles. The minimum Gasteiger partial charge on any atom is -0.316 e. The normalized spacial score (nSPS) is 13.0. The van der Waals surface area contributed by atoms with Crippen LogP contribution in [0.25, 0.3) is 27.8 Å². The fourth-order valence-electron chi connectivity index (χ4n) is 4.25. The Morgan fingerprint density at radius 1 is 0.925 bits per heavy atom. The number of para-hydroxylation sites is 1. The van der Waals surface area contributed by atoms with Crippen LogP contribution in [0, 0.1) is 0 Å². The number of aryl methyl sites for hydroxylation is 1. The van der Waals surface area contributed by atoms with Gasteiger partial charge in [0, 0.05) is 29.8 Å². The molecule has 206 valence electrons. The molecule has 5 aromatic rings. The number of anilines is 1. The molecule has 3 N–H and O–H groups in total. The lowest BCUT2D eigenvalue weighted by atomic mass is 10.0. The van der Waals surface area contributed by atoms with Crippen molar-refractivity contribution in [2.24, 2.45) is 12.8 Å². The number of nitrogens with one attached hydrogen (secondary N) is 1. The number of aromatic nitrogens is 4. The summed E-state index contributed by atoms with van der Waals surface area (Å²) >= 11 is 0. The smallest absolute Gasteiger partial charge is 0.316 e. The number of amides is 1. The van der Waals surface area contributed by atoms with Crippen LogP contribution in [0.5, 0.6) is 0 Å². The van der Waals surface area contributed by atoms with Gasteiger partial charge < -0.3 is 11.1 Å². The first-order chi connectivity index (χ1) is 18.8. The predicted molar refractivity (Wildman–Crippen MR) is 136 cm³/mol. The molecule has 0 aliphatic rings. The second-order valence-corrected chi connectivity index (χ2v) is 8.98. The van der Waals surface area contributed by atoms with Crippen molar-refractivity contribution in [2.75, 3.05) is 5.32 Å². The van der Waals surface area contributed by atoms with Gasteiger partial charge in [0.25, 0.3) is 5.91 Å². The largest absolute Gasteiger partial charge is 0.417 e. The van der Waals surface area contributed by atoms with Crippen LogP contribution in [0.2, 0.25) is 0 Å². The second kappa shape index (κ2) is 9.83. The highest BCUT2D eigenvalue weighted by molar-refractivity contribution is 6.09. The van der Waals surface area contributed by atoms with E-state index < -0.39 is 29.9 Å². The lowest BCUT2D eigenvalue weighted by Crippen LogP contribution is -2.28. The van der Waals surface area contributed by atoms with Crippen LogP contribution in [0.15, 0.2) is 79.0 Å². The third kappa shape index (κ3) is 5.15. The van der Waals surface area contributed by atoms with Crippen molar-refractivity contribution >= 4 is 22.6 Å². The van der Waals surface area contributed by atoms with Gasteiger partial charge in [-0.1, -0.05) is 24.3 Å². The molecule has 13 heteroatoms. The number of rotatable bonds is 5. The standard InChI is InChI=1S/C27H20F6N6O/c1-38-12-11-21(36-38)19-13-16(8-10-20(19)26(28,29)30)25(40)35-24-18-9-7-15(23(34)27(31,32)33)14-22(18)37-39(24)17-5-3-2-4-6-17/h2-14,23H,34H2,1H3,(H,35,40). The van der Waals surface area contributed by atoms with Crippen LogP contribution in [-0.4, -0.2) is 31.6 Å². The second-order valence-electron chi connectivity index (χ2n) is 8.98. The monoisotopic (exact) mass is 558 g/mol. The Morgan fingerprint density at radius 2 is 1.65 bits per heavy atom. The molecule has 1 unspecified atom stereocenters. The summed E-state index contributed by atoms with van der Waals surface area (Å²) in [5, 5.41) is 11.4. The molecule has 0 spiro atoms. The molecule has 1 atom stereocenters. The zero-order valence-electron chi connectivity index (χ0n) is 20.6. The number of nitrogens with zero attached hydrogens (tertiary/aromatic N) is 4. The van der Waals surface area contributed by atoms with Crippen molar-refractivity contribution in [1.29, 1.82) is 0 Å². The molecule has 40 heavy (non-hydrogen) atoms. The van der Waals surface area contributed by atoms with Crippen LogP contribution in [0.3, 0.4) is 0 Å². The predicted octanol–water partition coefficient (Wildman–Crippen LogP) is 6.26. The highest BCUT2D eigenvalue weighted by atomic mass is 19.4. The summed E-state index contributed by atoms with van der Waals surface area (Å²) in [6, 6.07) is 14.3. The summed E-state index contributed by atoms with van der Waals surface area (Å²) in [6.45, 7) is 0. The number of fused-ring (bicyclic) bond motifs is 1. The van der Waals surface area contributed by atoms with Gasteiger partial charge in [0.15, 0.2) is 0 Å². The fraction of sp³-hybridized carbons (Fsp3) is 0.148. The molecular formula is C27H20F6N6O. The summed E-state index contributed by atoms with van der Waals surface area (Å²) in [7, 11) is 1.55. The summed E-state index contributed by atoms with van der Waals surface area (Å²) in [5.74, 6) is -0.654. The van der Waals surface area contributed by atoms with Crippen molar-refractivity contribution < 1.29 is 31.1 Å². The number of hydrogen-bond acceptors (Lipinski definition) is 4. The number of carbonyl (C=O) groups is 1. The molecule has 5 rings (SSSR count). The van der Waals surface area contributed by atoms with Crippen molar-refractivity contribution in [3.63, 3.8) is 0 Å². The Hall–Kier alpha value is -4.65. The molecule has 0 fully saturated rings. The first-order valence-electron chi connectivity index (χ1n) is 11.8. The van der Waals surface area contributed by atoms with Crippen LogP contribution in [-0.2, 0) is 13.2 Å². The number of alkyl halides is 6. The van der Waals surface area contributed by atoms with E-state index in [-0.39, 0.29) is 33.7 Å². The van der Waals surface area contributed by atoms with Crippen LogP contribution < -0.4 is 11.1 Å². The highest BCUT2D eigenvalue weighted by Crippen LogP contribution is 2.38. The quantitative estimate of drug-likeness (QED) is 0.249. The van der Waals surface area contributed by atoms with E-state index in [4.69, 9.17) is 5.73 Å². The molecule has 2 aromatic heterocycles. The van der Waals surface area contributed by atoms with E-state index in [0.29, 0.717) is 11.1 Å². The Morgan fingerprint density at radius 3 is 2.27 bits per heavy atom. The summed E-state index contributed by atoms with van der Waals surface area (Å²) in [4.78, 5) is 13.4. The number of nitrogens with two attached hydrogens (primary N) is 1. The molecule has 0 bridgehead atoms. The maximum Gasteiger partial charge on any atom is 0.417 e. The minimum atomic E-state index is -4.70. The molecule has 0 aliphatic heterocycles. The Labute approximate surface area is 222 Å².